The van der Waals surface area contributed by atoms with Crippen LogP contribution in [-0.2, 0) is 6.54 Å². The summed E-state index contributed by atoms with van der Waals surface area (Å²) >= 11 is 6.30. The molecule has 0 aliphatic heterocycles. The van der Waals surface area contributed by atoms with Crippen molar-refractivity contribution >= 4 is 17.5 Å². The zero-order chi connectivity index (χ0) is 19.2. The van der Waals surface area contributed by atoms with Crippen LogP contribution in [0.5, 0.6) is 0 Å². The Morgan fingerprint density at radius 1 is 1.15 bits per heavy atom. The summed E-state index contributed by atoms with van der Waals surface area (Å²) in [7, 11) is 0. The van der Waals surface area contributed by atoms with E-state index in [1.54, 1.807) is 24.3 Å². The van der Waals surface area contributed by atoms with Gasteiger partial charge in [-0.15, -0.1) is 0 Å². The van der Waals surface area contributed by atoms with Crippen molar-refractivity contribution in [1.82, 2.24) is 5.32 Å². The Balaban J connectivity index is 1.64. The van der Waals surface area contributed by atoms with E-state index in [9.17, 15) is 9.18 Å². The van der Waals surface area contributed by atoms with E-state index >= 15 is 0 Å². The summed E-state index contributed by atoms with van der Waals surface area (Å²) in [6.07, 6.45) is 7.86. The summed E-state index contributed by atoms with van der Waals surface area (Å²) in [5.74, 6) is 0.0595. The zero-order valence-electron chi connectivity index (χ0n) is 15.4. The van der Waals surface area contributed by atoms with Gasteiger partial charge in [0, 0.05) is 28.3 Å². The van der Waals surface area contributed by atoms with Crippen molar-refractivity contribution in [1.29, 1.82) is 0 Å². The lowest BCUT2D eigenvalue weighted by Gasteiger charge is -2.21. The van der Waals surface area contributed by atoms with Crippen LogP contribution >= 0.6 is 11.6 Å². The lowest BCUT2D eigenvalue weighted by atomic mass is 9.87. The number of nitrogens with one attached hydrogen (secondary N) is 1. The Bertz CT molecular complexity index is 803. The van der Waals surface area contributed by atoms with Crippen molar-refractivity contribution in [3.05, 3.63) is 58.4 Å². The fourth-order valence-electron chi connectivity index (χ4n) is 3.79. The minimum atomic E-state index is -0.523. The molecule has 0 aromatic heterocycles. The van der Waals surface area contributed by atoms with Crippen LogP contribution in [0.4, 0.5) is 4.39 Å². The first kappa shape index (κ1) is 19.8. The first-order valence-electron chi connectivity index (χ1n) is 9.63. The maximum absolute atomic E-state index is 14.2. The quantitative estimate of drug-likeness (QED) is 0.632. The Morgan fingerprint density at radius 3 is 2.63 bits per heavy atom. The lowest BCUT2D eigenvalue weighted by molar-refractivity contribution is 0.100. The molecule has 27 heavy (non-hydrogen) atoms. The molecule has 3 N–H and O–H groups in total. The van der Waals surface area contributed by atoms with Gasteiger partial charge in [-0.1, -0.05) is 55.8 Å². The second-order valence-corrected chi connectivity index (χ2v) is 7.74. The smallest absolute Gasteiger partial charge is 0.248 e. The van der Waals surface area contributed by atoms with Crippen LogP contribution in [0.1, 0.15) is 54.4 Å². The summed E-state index contributed by atoms with van der Waals surface area (Å²) in [5.41, 5.74) is 7.83. The zero-order valence-corrected chi connectivity index (χ0v) is 16.2. The molecule has 0 bridgehead atoms. The SMILES string of the molecule is NC(=O)c1ccc(-c2ccc(F)c(CNCCC3CCCCC3)c2)c(Cl)c1. The molecule has 0 atom stereocenters. The molecule has 2 aromatic carbocycles. The van der Waals surface area contributed by atoms with Gasteiger partial charge in [-0.2, -0.15) is 0 Å². The Kier molecular flexibility index (Phi) is 6.86. The third-order valence-electron chi connectivity index (χ3n) is 5.38. The number of carbonyl (C=O) groups excluding carboxylic acids is 1. The van der Waals surface area contributed by atoms with Gasteiger partial charge in [-0.3, -0.25) is 4.79 Å². The molecule has 1 saturated carbocycles. The highest BCUT2D eigenvalue weighted by molar-refractivity contribution is 6.33. The van der Waals surface area contributed by atoms with Gasteiger partial charge >= 0.3 is 0 Å². The number of amides is 1. The normalized spacial score (nSPS) is 15.0. The fraction of sp³-hybridized carbons (Fsp3) is 0.409. The molecule has 144 valence electrons. The van der Waals surface area contributed by atoms with E-state index in [1.165, 1.54) is 38.2 Å². The minimum Gasteiger partial charge on any atom is -0.366 e. The van der Waals surface area contributed by atoms with Crippen molar-refractivity contribution in [3.63, 3.8) is 0 Å². The Hall–Kier alpha value is -1.91. The van der Waals surface area contributed by atoms with Gasteiger partial charge in [-0.25, -0.2) is 4.39 Å². The predicted molar refractivity (Wildman–Crippen MR) is 108 cm³/mol. The van der Waals surface area contributed by atoms with Crippen LogP contribution in [0.15, 0.2) is 36.4 Å². The highest BCUT2D eigenvalue weighted by atomic mass is 35.5. The van der Waals surface area contributed by atoms with Crippen LogP contribution in [-0.4, -0.2) is 12.5 Å². The Morgan fingerprint density at radius 2 is 1.93 bits per heavy atom. The van der Waals surface area contributed by atoms with E-state index in [4.69, 9.17) is 17.3 Å². The van der Waals surface area contributed by atoms with Gasteiger partial charge in [0.05, 0.1) is 0 Å². The maximum atomic E-state index is 14.2. The summed E-state index contributed by atoms with van der Waals surface area (Å²) in [4.78, 5) is 11.3. The minimum absolute atomic E-state index is 0.228. The number of carbonyl (C=O) groups is 1. The predicted octanol–water partition coefficient (Wildman–Crippen LogP) is 5.31. The average molecular weight is 389 g/mol. The van der Waals surface area contributed by atoms with Crippen molar-refractivity contribution in [2.75, 3.05) is 6.54 Å². The summed E-state index contributed by atoms with van der Waals surface area (Å²) in [5, 5.41) is 3.80. The van der Waals surface area contributed by atoms with E-state index < -0.39 is 5.91 Å². The summed E-state index contributed by atoms with van der Waals surface area (Å²) in [6.45, 7) is 1.39. The molecule has 2 aromatic rings. The molecule has 0 spiro atoms. The number of nitrogens with two attached hydrogens (primary N) is 1. The van der Waals surface area contributed by atoms with E-state index in [0.717, 1.165) is 30.0 Å². The fourth-order valence-corrected chi connectivity index (χ4v) is 4.07. The van der Waals surface area contributed by atoms with E-state index in [-0.39, 0.29) is 5.82 Å². The van der Waals surface area contributed by atoms with Gasteiger partial charge in [0.25, 0.3) is 0 Å². The number of hydrogen-bond donors (Lipinski definition) is 2. The number of primary amides is 1. The third-order valence-corrected chi connectivity index (χ3v) is 5.69. The molecule has 5 heteroatoms. The molecular weight excluding hydrogens is 363 g/mol. The van der Waals surface area contributed by atoms with Gasteiger partial charge in [0.1, 0.15) is 5.82 Å². The molecule has 0 radical (unpaired) electrons. The van der Waals surface area contributed by atoms with Crippen molar-refractivity contribution in [2.45, 2.75) is 45.1 Å². The van der Waals surface area contributed by atoms with Crippen LogP contribution in [0.2, 0.25) is 5.02 Å². The van der Waals surface area contributed by atoms with Gasteiger partial charge < -0.3 is 11.1 Å². The van der Waals surface area contributed by atoms with Crippen LogP contribution < -0.4 is 11.1 Å². The van der Waals surface area contributed by atoms with Gasteiger partial charge in [0.15, 0.2) is 0 Å². The van der Waals surface area contributed by atoms with Gasteiger partial charge in [0.2, 0.25) is 5.91 Å². The van der Waals surface area contributed by atoms with E-state index in [0.29, 0.717) is 22.7 Å². The van der Waals surface area contributed by atoms with Crippen LogP contribution in [0, 0.1) is 11.7 Å². The average Bonchev–Trinajstić information content (AvgIpc) is 2.67. The van der Waals surface area contributed by atoms with Crippen molar-refractivity contribution in [2.24, 2.45) is 11.7 Å². The largest absolute Gasteiger partial charge is 0.366 e. The molecule has 0 heterocycles. The van der Waals surface area contributed by atoms with Crippen LogP contribution in [0.3, 0.4) is 0 Å². The number of hydrogen-bond acceptors (Lipinski definition) is 2. The Labute approximate surface area is 165 Å². The molecule has 3 nitrogen and oxygen atoms in total. The molecule has 1 aliphatic carbocycles. The highest BCUT2D eigenvalue weighted by Crippen LogP contribution is 2.30. The second kappa shape index (κ2) is 9.34. The van der Waals surface area contributed by atoms with Gasteiger partial charge in [-0.05, 0) is 48.7 Å². The van der Waals surface area contributed by atoms with E-state index in [1.807, 2.05) is 6.07 Å². The number of rotatable bonds is 7. The number of halogens is 2. The molecule has 3 rings (SSSR count). The molecular formula is C22H26ClFN2O. The summed E-state index contributed by atoms with van der Waals surface area (Å²) < 4.78 is 14.2. The topological polar surface area (TPSA) is 55.1 Å². The first-order valence-corrected chi connectivity index (χ1v) is 10.0. The molecule has 1 fully saturated rings. The van der Waals surface area contributed by atoms with E-state index in [2.05, 4.69) is 5.32 Å². The standard InChI is InChI=1S/C22H26ClFN2O/c23-20-13-17(22(25)27)6-8-19(20)16-7-9-21(24)18(12-16)14-26-11-10-15-4-2-1-3-5-15/h6-9,12-13,15,26H,1-5,10-11,14H2,(H2,25,27). The monoisotopic (exact) mass is 388 g/mol. The number of benzene rings is 2. The molecule has 1 aliphatic rings. The van der Waals surface area contributed by atoms with Crippen molar-refractivity contribution < 1.29 is 9.18 Å². The first-order chi connectivity index (χ1) is 13.0. The third kappa shape index (κ3) is 5.30. The molecule has 0 saturated heterocycles. The lowest BCUT2D eigenvalue weighted by Crippen LogP contribution is -2.19. The summed E-state index contributed by atoms with van der Waals surface area (Å²) in [6, 6.07) is 9.90. The maximum Gasteiger partial charge on any atom is 0.248 e. The molecule has 0 unspecified atom stereocenters. The van der Waals surface area contributed by atoms with Crippen molar-refractivity contribution in [3.8, 4) is 11.1 Å². The molecule has 1 amide bonds. The van der Waals surface area contributed by atoms with Crippen LogP contribution in [0.25, 0.3) is 11.1 Å². The second-order valence-electron chi connectivity index (χ2n) is 7.33. The highest BCUT2D eigenvalue weighted by Gasteiger charge is 2.13.